The molecule has 2 rings (SSSR count). The van der Waals surface area contributed by atoms with E-state index < -0.39 is 10.0 Å². The van der Waals surface area contributed by atoms with Gasteiger partial charge in [-0.1, -0.05) is 13.8 Å². The molecule has 2 heterocycles. The van der Waals surface area contributed by atoms with E-state index in [4.69, 9.17) is 4.74 Å². The maximum absolute atomic E-state index is 12.4. The van der Waals surface area contributed by atoms with E-state index in [1.165, 1.54) is 6.26 Å². The minimum absolute atomic E-state index is 0.110. The summed E-state index contributed by atoms with van der Waals surface area (Å²) in [6.07, 6.45) is 3.49. The summed E-state index contributed by atoms with van der Waals surface area (Å²) in [6, 6.07) is -0.110. The zero-order valence-corrected chi connectivity index (χ0v) is 16.6. The number of amides is 1. The van der Waals surface area contributed by atoms with Crippen molar-refractivity contribution in [2.45, 2.75) is 39.2 Å². The van der Waals surface area contributed by atoms with Gasteiger partial charge in [0.25, 0.3) is 0 Å². The predicted octanol–water partition coefficient (Wildman–Crippen LogP) is 0.617. The van der Waals surface area contributed by atoms with Crippen LogP contribution >= 0.6 is 0 Å². The van der Waals surface area contributed by atoms with Crippen LogP contribution in [0.2, 0.25) is 0 Å². The first-order valence-electron chi connectivity index (χ1n) is 9.32. The second kappa shape index (κ2) is 9.30. The molecule has 8 heteroatoms. The Kier molecular flexibility index (Phi) is 7.67. The molecule has 7 nitrogen and oxygen atoms in total. The third kappa shape index (κ3) is 6.51. The van der Waals surface area contributed by atoms with Gasteiger partial charge in [-0.3, -0.25) is 9.69 Å². The molecule has 25 heavy (non-hydrogen) atoms. The Morgan fingerprint density at radius 1 is 1.24 bits per heavy atom. The molecule has 0 saturated carbocycles. The van der Waals surface area contributed by atoms with Gasteiger partial charge in [-0.15, -0.1) is 0 Å². The van der Waals surface area contributed by atoms with E-state index in [0.717, 1.165) is 32.5 Å². The van der Waals surface area contributed by atoms with Crippen molar-refractivity contribution in [3.05, 3.63) is 0 Å². The SMILES string of the molecule is CC(C)CC(=O)N1CCCC(N(CCN2CCOCC2)S(C)(=O)=O)C1. The quantitative estimate of drug-likeness (QED) is 0.652. The molecule has 0 aliphatic carbocycles. The fourth-order valence-corrected chi connectivity index (χ4v) is 4.71. The maximum atomic E-state index is 12.4. The Morgan fingerprint density at radius 2 is 1.92 bits per heavy atom. The number of piperidine rings is 1. The van der Waals surface area contributed by atoms with Crippen molar-refractivity contribution in [3.63, 3.8) is 0 Å². The molecule has 1 unspecified atom stereocenters. The summed E-state index contributed by atoms with van der Waals surface area (Å²) in [7, 11) is -3.30. The van der Waals surface area contributed by atoms with Gasteiger partial charge in [0.1, 0.15) is 0 Å². The Bertz CT molecular complexity index is 532. The summed E-state index contributed by atoms with van der Waals surface area (Å²) in [5.74, 6) is 0.460. The highest BCUT2D eigenvalue weighted by Crippen LogP contribution is 2.20. The Hall–Kier alpha value is -0.700. The smallest absolute Gasteiger partial charge is 0.222 e. The largest absolute Gasteiger partial charge is 0.379 e. The lowest BCUT2D eigenvalue weighted by molar-refractivity contribution is -0.133. The van der Waals surface area contributed by atoms with Crippen molar-refractivity contribution in [1.82, 2.24) is 14.1 Å². The number of sulfonamides is 1. The van der Waals surface area contributed by atoms with Gasteiger partial charge in [0.2, 0.25) is 15.9 Å². The number of hydrogen-bond donors (Lipinski definition) is 0. The zero-order valence-electron chi connectivity index (χ0n) is 15.8. The standard InChI is InChI=1S/C17H33N3O4S/c1-15(2)13-17(21)19-6-4-5-16(14-19)20(25(3,22)23)8-7-18-9-11-24-12-10-18/h15-16H,4-14H2,1-3H3. The molecule has 1 atom stereocenters. The van der Waals surface area contributed by atoms with Crippen LogP contribution in [0.15, 0.2) is 0 Å². The highest BCUT2D eigenvalue weighted by atomic mass is 32.2. The molecule has 2 fully saturated rings. The van der Waals surface area contributed by atoms with Gasteiger partial charge in [-0.2, -0.15) is 4.31 Å². The number of carbonyl (C=O) groups excluding carboxylic acids is 1. The third-order valence-electron chi connectivity index (χ3n) is 4.91. The number of carbonyl (C=O) groups is 1. The predicted molar refractivity (Wildman–Crippen MR) is 97.9 cm³/mol. The van der Waals surface area contributed by atoms with E-state index in [1.54, 1.807) is 4.31 Å². The number of hydrogen-bond acceptors (Lipinski definition) is 5. The van der Waals surface area contributed by atoms with Crippen LogP contribution in [0.25, 0.3) is 0 Å². The lowest BCUT2D eigenvalue weighted by atomic mass is 10.0. The first-order valence-corrected chi connectivity index (χ1v) is 11.2. The summed E-state index contributed by atoms with van der Waals surface area (Å²) >= 11 is 0. The first-order chi connectivity index (χ1) is 11.8. The third-order valence-corrected chi connectivity index (χ3v) is 6.24. The summed E-state index contributed by atoms with van der Waals surface area (Å²) < 4.78 is 31.6. The maximum Gasteiger partial charge on any atom is 0.222 e. The summed E-state index contributed by atoms with van der Waals surface area (Å²) in [6.45, 7) is 9.63. The van der Waals surface area contributed by atoms with E-state index in [9.17, 15) is 13.2 Å². The normalized spacial score (nSPS) is 23.4. The summed E-state index contributed by atoms with van der Waals surface area (Å²) in [5, 5.41) is 0. The van der Waals surface area contributed by atoms with Crippen molar-refractivity contribution >= 4 is 15.9 Å². The zero-order chi connectivity index (χ0) is 18.4. The highest BCUT2D eigenvalue weighted by Gasteiger charge is 2.32. The molecule has 146 valence electrons. The van der Waals surface area contributed by atoms with Gasteiger partial charge in [0.15, 0.2) is 0 Å². The molecule has 0 spiro atoms. The number of likely N-dealkylation sites (tertiary alicyclic amines) is 1. The lowest BCUT2D eigenvalue weighted by Crippen LogP contribution is -2.53. The fraction of sp³-hybridized carbons (Fsp3) is 0.941. The molecular weight excluding hydrogens is 342 g/mol. The number of ether oxygens (including phenoxy) is 1. The Morgan fingerprint density at radius 3 is 2.52 bits per heavy atom. The minimum Gasteiger partial charge on any atom is -0.379 e. The van der Waals surface area contributed by atoms with Gasteiger partial charge in [-0.25, -0.2) is 8.42 Å². The monoisotopic (exact) mass is 375 g/mol. The van der Waals surface area contributed by atoms with E-state index >= 15 is 0 Å². The minimum atomic E-state index is -3.30. The van der Waals surface area contributed by atoms with Crippen LogP contribution in [0, 0.1) is 5.92 Å². The number of morpholine rings is 1. The second-order valence-corrected chi connectivity index (χ2v) is 9.50. The molecule has 1 amide bonds. The van der Waals surface area contributed by atoms with Crippen molar-refractivity contribution in [2.75, 3.05) is 58.7 Å². The molecule has 0 aromatic rings. The number of rotatable bonds is 7. The van der Waals surface area contributed by atoms with Crippen LogP contribution in [-0.2, 0) is 19.6 Å². The fourth-order valence-electron chi connectivity index (χ4n) is 3.58. The number of nitrogens with zero attached hydrogens (tertiary/aromatic N) is 3. The van der Waals surface area contributed by atoms with Gasteiger partial charge in [0, 0.05) is 51.7 Å². The topological polar surface area (TPSA) is 70.2 Å². The van der Waals surface area contributed by atoms with E-state index in [1.807, 2.05) is 18.7 Å². The molecule has 2 aliphatic heterocycles. The van der Waals surface area contributed by atoms with Gasteiger partial charge >= 0.3 is 0 Å². The molecule has 0 radical (unpaired) electrons. The van der Waals surface area contributed by atoms with E-state index in [0.29, 0.717) is 45.2 Å². The highest BCUT2D eigenvalue weighted by molar-refractivity contribution is 7.88. The summed E-state index contributed by atoms with van der Waals surface area (Å²) in [4.78, 5) is 16.5. The molecule has 0 aromatic carbocycles. The second-order valence-electron chi connectivity index (χ2n) is 7.56. The molecule has 2 aliphatic rings. The van der Waals surface area contributed by atoms with Crippen molar-refractivity contribution in [3.8, 4) is 0 Å². The van der Waals surface area contributed by atoms with Crippen LogP contribution in [0.3, 0.4) is 0 Å². The van der Waals surface area contributed by atoms with Crippen molar-refractivity contribution in [1.29, 1.82) is 0 Å². The summed E-state index contributed by atoms with van der Waals surface area (Å²) in [5.41, 5.74) is 0. The van der Waals surface area contributed by atoms with Crippen LogP contribution in [0.5, 0.6) is 0 Å². The van der Waals surface area contributed by atoms with Crippen molar-refractivity contribution in [2.24, 2.45) is 5.92 Å². The lowest BCUT2D eigenvalue weighted by Gasteiger charge is -2.39. The van der Waals surface area contributed by atoms with Crippen LogP contribution in [-0.4, -0.2) is 93.2 Å². The molecular formula is C17H33N3O4S. The van der Waals surface area contributed by atoms with Gasteiger partial charge in [-0.05, 0) is 18.8 Å². The Labute approximate surface area is 152 Å². The molecule has 0 aromatic heterocycles. The average Bonchev–Trinajstić information content (AvgIpc) is 2.54. The van der Waals surface area contributed by atoms with E-state index in [2.05, 4.69) is 4.90 Å². The van der Waals surface area contributed by atoms with Gasteiger partial charge < -0.3 is 9.64 Å². The molecule has 2 saturated heterocycles. The van der Waals surface area contributed by atoms with Gasteiger partial charge in [0.05, 0.1) is 19.5 Å². The average molecular weight is 376 g/mol. The first kappa shape index (κ1) is 20.6. The van der Waals surface area contributed by atoms with Crippen LogP contribution < -0.4 is 0 Å². The van der Waals surface area contributed by atoms with E-state index in [-0.39, 0.29) is 11.9 Å². The van der Waals surface area contributed by atoms with Crippen LogP contribution in [0.1, 0.15) is 33.1 Å². The molecule has 0 bridgehead atoms. The Balaban J connectivity index is 1.97. The molecule has 0 N–H and O–H groups in total. The van der Waals surface area contributed by atoms with Crippen LogP contribution in [0.4, 0.5) is 0 Å². The van der Waals surface area contributed by atoms with Crippen molar-refractivity contribution < 1.29 is 17.9 Å².